The first-order valence-electron chi connectivity index (χ1n) is 11.0. The van der Waals surface area contributed by atoms with Gasteiger partial charge >= 0.3 is 0 Å². The van der Waals surface area contributed by atoms with Gasteiger partial charge < -0.3 is 20.6 Å². The summed E-state index contributed by atoms with van der Waals surface area (Å²) in [4.78, 5) is 19.8. The SMILES string of the molecule is CC(=N)NC(=O)c1cc2ccccc2nc1N1CCC(NC2CCCCC2O)CC1. The fourth-order valence-electron chi connectivity index (χ4n) is 4.62. The largest absolute Gasteiger partial charge is 0.392 e. The standard InChI is InChI=1S/C23H31N5O2/c1-15(24)25-23(30)18-14-16-6-2-3-7-19(16)27-22(18)28-12-10-17(11-13-28)26-20-8-4-5-9-21(20)29/h2-3,6-7,14,17,20-21,26,29H,4-5,8-13H2,1H3,(H2,24,25,30). The van der Waals surface area contributed by atoms with Crippen LogP contribution in [0.2, 0.25) is 0 Å². The molecule has 1 aliphatic heterocycles. The highest BCUT2D eigenvalue weighted by atomic mass is 16.3. The van der Waals surface area contributed by atoms with E-state index in [0.29, 0.717) is 17.4 Å². The van der Waals surface area contributed by atoms with E-state index in [1.165, 1.54) is 6.42 Å². The van der Waals surface area contributed by atoms with Crippen molar-refractivity contribution in [3.05, 3.63) is 35.9 Å². The van der Waals surface area contributed by atoms with E-state index >= 15 is 0 Å². The lowest BCUT2D eigenvalue weighted by Crippen LogP contribution is -2.51. The van der Waals surface area contributed by atoms with Crippen LogP contribution in [-0.2, 0) is 0 Å². The van der Waals surface area contributed by atoms with E-state index in [1.54, 1.807) is 6.92 Å². The van der Waals surface area contributed by atoms with Gasteiger partial charge in [0.2, 0.25) is 0 Å². The summed E-state index contributed by atoms with van der Waals surface area (Å²) in [5.41, 5.74) is 1.37. The third-order valence-corrected chi connectivity index (χ3v) is 6.22. The monoisotopic (exact) mass is 409 g/mol. The van der Waals surface area contributed by atoms with Crippen LogP contribution in [0.25, 0.3) is 10.9 Å². The number of nitrogens with one attached hydrogen (secondary N) is 3. The third kappa shape index (κ3) is 4.63. The summed E-state index contributed by atoms with van der Waals surface area (Å²) in [5, 5.41) is 25.1. The van der Waals surface area contributed by atoms with Crippen molar-refractivity contribution in [2.45, 2.75) is 63.6 Å². The molecule has 2 unspecified atom stereocenters. The smallest absolute Gasteiger partial charge is 0.260 e. The molecule has 1 aliphatic carbocycles. The molecular formula is C23H31N5O2. The molecule has 2 fully saturated rings. The molecule has 0 bridgehead atoms. The lowest BCUT2D eigenvalue weighted by molar-refractivity contribution is 0.0827. The zero-order valence-corrected chi connectivity index (χ0v) is 17.5. The number of aliphatic hydroxyl groups excluding tert-OH is 1. The van der Waals surface area contributed by atoms with Gasteiger partial charge in [-0.1, -0.05) is 31.0 Å². The minimum Gasteiger partial charge on any atom is -0.392 e. The van der Waals surface area contributed by atoms with Crippen LogP contribution in [0.5, 0.6) is 0 Å². The molecule has 4 N–H and O–H groups in total. The Morgan fingerprint density at radius 2 is 1.90 bits per heavy atom. The molecule has 160 valence electrons. The molecular weight excluding hydrogens is 378 g/mol. The van der Waals surface area contributed by atoms with Gasteiger partial charge in [-0.3, -0.25) is 10.2 Å². The molecule has 1 saturated carbocycles. The predicted molar refractivity (Wildman–Crippen MR) is 119 cm³/mol. The molecule has 4 rings (SSSR count). The third-order valence-electron chi connectivity index (χ3n) is 6.22. The van der Waals surface area contributed by atoms with E-state index in [2.05, 4.69) is 15.5 Å². The van der Waals surface area contributed by atoms with Crippen molar-refractivity contribution in [3.63, 3.8) is 0 Å². The van der Waals surface area contributed by atoms with Crippen LogP contribution >= 0.6 is 0 Å². The minimum atomic E-state index is -0.290. The fraction of sp³-hybridized carbons (Fsp3) is 0.522. The summed E-state index contributed by atoms with van der Waals surface area (Å²) in [6.07, 6.45) is 5.89. The number of amidine groups is 1. The number of hydrogen-bond donors (Lipinski definition) is 4. The van der Waals surface area contributed by atoms with Gasteiger partial charge in [-0.25, -0.2) is 4.98 Å². The Morgan fingerprint density at radius 3 is 2.63 bits per heavy atom. The Labute approximate surface area is 177 Å². The maximum absolute atomic E-state index is 12.8. The maximum Gasteiger partial charge on any atom is 0.260 e. The predicted octanol–water partition coefficient (Wildman–Crippen LogP) is 2.82. The minimum absolute atomic E-state index is 0.119. The number of hydrogen-bond acceptors (Lipinski definition) is 6. The molecule has 1 amide bonds. The summed E-state index contributed by atoms with van der Waals surface area (Å²) in [6, 6.07) is 10.2. The quantitative estimate of drug-likeness (QED) is 0.459. The molecule has 2 atom stereocenters. The van der Waals surface area contributed by atoms with Crippen molar-refractivity contribution in [2.24, 2.45) is 0 Å². The first-order chi connectivity index (χ1) is 14.5. The second-order valence-corrected chi connectivity index (χ2v) is 8.52. The molecule has 7 heteroatoms. The summed E-state index contributed by atoms with van der Waals surface area (Å²) in [6.45, 7) is 3.16. The van der Waals surface area contributed by atoms with Gasteiger partial charge in [0.25, 0.3) is 5.91 Å². The topological polar surface area (TPSA) is 101 Å². The highest BCUT2D eigenvalue weighted by Crippen LogP contribution is 2.27. The Morgan fingerprint density at radius 1 is 1.17 bits per heavy atom. The number of pyridine rings is 1. The molecule has 2 aromatic rings. The maximum atomic E-state index is 12.8. The summed E-state index contributed by atoms with van der Waals surface area (Å²) >= 11 is 0. The van der Waals surface area contributed by atoms with Crippen LogP contribution in [0.1, 0.15) is 55.8 Å². The van der Waals surface area contributed by atoms with Gasteiger partial charge in [-0.05, 0) is 44.7 Å². The van der Waals surface area contributed by atoms with E-state index in [0.717, 1.165) is 56.1 Å². The highest BCUT2D eigenvalue weighted by Gasteiger charge is 2.29. The van der Waals surface area contributed by atoms with Crippen molar-refractivity contribution < 1.29 is 9.90 Å². The molecule has 0 spiro atoms. The van der Waals surface area contributed by atoms with Gasteiger partial charge in [0.1, 0.15) is 5.82 Å². The molecule has 1 aromatic carbocycles. The first-order valence-corrected chi connectivity index (χ1v) is 11.0. The van der Waals surface area contributed by atoms with Crippen LogP contribution < -0.4 is 15.5 Å². The second-order valence-electron chi connectivity index (χ2n) is 8.52. The van der Waals surface area contributed by atoms with Crippen LogP contribution in [0.15, 0.2) is 30.3 Å². The number of nitrogens with zero attached hydrogens (tertiary/aromatic N) is 2. The number of amides is 1. The molecule has 1 saturated heterocycles. The Hall–Kier alpha value is -2.51. The van der Waals surface area contributed by atoms with Crippen molar-refractivity contribution in [1.82, 2.24) is 15.6 Å². The second kappa shape index (κ2) is 9.10. The van der Waals surface area contributed by atoms with Gasteiger partial charge in [0.05, 0.1) is 23.0 Å². The zero-order valence-electron chi connectivity index (χ0n) is 17.5. The summed E-state index contributed by atoms with van der Waals surface area (Å²) < 4.78 is 0. The summed E-state index contributed by atoms with van der Waals surface area (Å²) in [7, 11) is 0. The van der Waals surface area contributed by atoms with Crippen molar-refractivity contribution in [3.8, 4) is 0 Å². The number of rotatable bonds is 4. The van der Waals surface area contributed by atoms with Crippen molar-refractivity contribution >= 4 is 28.5 Å². The average Bonchev–Trinajstić information content (AvgIpc) is 2.74. The normalized spacial score (nSPS) is 22.8. The number of para-hydroxylation sites is 1. The Balaban J connectivity index is 1.51. The number of fused-ring (bicyclic) bond motifs is 1. The fourth-order valence-corrected chi connectivity index (χ4v) is 4.62. The number of anilines is 1. The van der Waals surface area contributed by atoms with Crippen LogP contribution in [0.4, 0.5) is 5.82 Å². The van der Waals surface area contributed by atoms with E-state index < -0.39 is 0 Å². The number of aliphatic hydroxyl groups is 1. The molecule has 0 radical (unpaired) electrons. The van der Waals surface area contributed by atoms with Gasteiger partial charge in [-0.15, -0.1) is 0 Å². The van der Waals surface area contributed by atoms with Crippen LogP contribution in [0, 0.1) is 5.41 Å². The van der Waals surface area contributed by atoms with Crippen molar-refractivity contribution in [1.29, 1.82) is 5.41 Å². The van der Waals surface area contributed by atoms with Gasteiger partial charge in [0.15, 0.2) is 0 Å². The molecule has 2 aliphatic rings. The van der Waals surface area contributed by atoms with Crippen LogP contribution in [-0.4, -0.2) is 53.1 Å². The van der Waals surface area contributed by atoms with E-state index in [4.69, 9.17) is 10.4 Å². The lowest BCUT2D eigenvalue weighted by Gasteiger charge is -2.38. The first kappa shape index (κ1) is 20.8. The highest BCUT2D eigenvalue weighted by molar-refractivity contribution is 6.09. The van der Waals surface area contributed by atoms with Gasteiger partial charge in [-0.2, -0.15) is 0 Å². The lowest BCUT2D eigenvalue weighted by atomic mass is 9.91. The number of carbonyl (C=O) groups excluding carboxylic acids is 1. The van der Waals surface area contributed by atoms with Crippen molar-refractivity contribution in [2.75, 3.05) is 18.0 Å². The molecule has 30 heavy (non-hydrogen) atoms. The molecule has 1 aromatic heterocycles. The zero-order chi connectivity index (χ0) is 21.1. The Kier molecular flexibility index (Phi) is 6.29. The molecule has 2 heterocycles. The number of benzene rings is 1. The van der Waals surface area contributed by atoms with E-state index in [1.807, 2.05) is 30.3 Å². The van der Waals surface area contributed by atoms with Crippen LogP contribution in [0.3, 0.4) is 0 Å². The van der Waals surface area contributed by atoms with E-state index in [9.17, 15) is 9.90 Å². The summed E-state index contributed by atoms with van der Waals surface area (Å²) in [5.74, 6) is 0.512. The Bertz CT molecular complexity index is 923. The van der Waals surface area contributed by atoms with E-state index in [-0.39, 0.29) is 23.9 Å². The molecule has 7 nitrogen and oxygen atoms in total. The number of aromatic nitrogens is 1. The number of piperidine rings is 1. The number of carbonyl (C=O) groups is 1. The van der Waals surface area contributed by atoms with Gasteiger partial charge in [0, 0.05) is 30.6 Å². The average molecular weight is 410 g/mol.